The third-order valence-corrected chi connectivity index (χ3v) is 4.36. The first-order valence-electron chi connectivity index (χ1n) is 9.52. The monoisotopic (exact) mass is 521 g/mol. The van der Waals surface area contributed by atoms with Gasteiger partial charge in [0.1, 0.15) is 0 Å². The zero-order chi connectivity index (χ0) is 20.5. The highest BCUT2D eigenvalue weighted by molar-refractivity contribution is 14.0. The fourth-order valence-electron chi connectivity index (χ4n) is 2.87. The Kier molecular flexibility index (Phi) is 9.46. The van der Waals surface area contributed by atoms with Crippen LogP contribution in [0.2, 0.25) is 0 Å². The normalized spacial score (nSPS) is 10.8. The summed E-state index contributed by atoms with van der Waals surface area (Å²) in [6.07, 6.45) is 5.57. The van der Waals surface area contributed by atoms with Crippen molar-refractivity contribution in [2.24, 2.45) is 4.99 Å². The first-order valence-corrected chi connectivity index (χ1v) is 9.52. The molecule has 1 aromatic heterocycles. The number of ether oxygens (including phenoxy) is 2. The summed E-state index contributed by atoms with van der Waals surface area (Å²) in [5, 5.41) is 6.58. The van der Waals surface area contributed by atoms with Gasteiger partial charge in [0.15, 0.2) is 17.5 Å². The average molecular weight is 521 g/mol. The Bertz CT molecular complexity index is 927. The van der Waals surface area contributed by atoms with Crippen LogP contribution in [0.3, 0.4) is 0 Å². The van der Waals surface area contributed by atoms with E-state index in [4.69, 9.17) is 9.47 Å². The van der Waals surface area contributed by atoms with Gasteiger partial charge in [-0.25, -0.2) is 9.98 Å². The summed E-state index contributed by atoms with van der Waals surface area (Å²) in [4.78, 5) is 8.76. The molecule has 0 aliphatic heterocycles. The zero-order valence-electron chi connectivity index (χ0n) is 17.5. The number of nitrogens with zero attached hydrogens (tertiary/aromatic N) is 3. The minimum atomic E-state index is 0. The van der Waals surface area contributed by atoms with E-state index in [2.05, 4.69) is 44.9 Å². The van der Waals surface area contributed by atoms with Crippen molar-refractivity contribution in [3.63, 3.8) is 0 Å². The van der Waals surface area contributed by atoms with Crippen LogP contribution in [0.5, 0.6) is 11.5 Å². The fraction of sp³-hybridized carbons (Fsp3) is 0.273. The molecule has 0 aliphatic carbocycles. The molecule has 0 saturated heterocycles. The molecule has 0 spiro atoms. The molecule has 3 aromatic rings. The van der Waals surface area contributed by atoms with Gasteiger partial charge in [-0.3, -0.25) is 0 Å². The predicted molar refractivity (Wildman–Crippen MR) is 131 cm³/mol. The molecule has 8 heteroatoms. The Morgan fingerprint density at radius 1 is 1.03 bits per heavy atom. The van der Waals surface area contributed by atoms with Crippen LogP contribution in [0.25, 0.3) is 0 Å². The van der Waals surface area contributed by atoms with Crippen LogP contribution in [0.1, 0.15) is 18.1 Å². The number of nitrogens with one attached hydrogen (secondary N) is 2. The average Bonchev–Trinajstić information content (AvgIpc) is 3.26. The van der Waals surface area contributed by atoms with Crippen molar-refractivity contribution in [3.05, 3.63) is 72.3 Å². The third-order valence-electron chi connectivity index (χ3n) is 4.36. The Morgan fingerprint density at radius 3 is 2.40 bits per heavy atom. The number of halogens is 1. The quantitative estimate of drug-likeness (QED) is 0.265. The van der Waals surface area contributed by atoms with Gasteiger partial charge in [-0.1, -0.05) is 24.3 Å². The maximum Gasteiger partial charge on any atom is 0.196 e. The second-order valence-corrected chi connectivity index (χ2v) is 6.44. The van der Waals surface area contributed by atoms with Crippen LogP contribution < -0.4 is 20.1 Å². The smallest absolute Gasteiger partial charge is 0.196 e. The van der Waals surface area contributed by atoms with Crippen LogP contribution in [0.15, 0.2) is 66.2 Å². The molecule has 160 valence electrons. The lowest BCUT2D eigenvalue weighted by molar-refractivity contribution is 0.355. The van der Waals surface area contributed by atoms with Gasteiger partial charge in [-0.15, -0.1) is 24.0 Å². The highest BCUT2D eigenvalue weighted by Crippen LogP contribution is 2.29. The first-order chi connectivity index (χ1) is 14.2. The van der Waals surface area contributed by atoms with Crippen LogP contribution >= 0.6 is 24.0 Å². The molecule has 0 amide bonds. The van der Waals surface area contributed by atoms with Gasteiger partial charge in [0.05, 0.1) is 27.1 Å². The van der Waals surface area contributed by atoms with Gasteiger partial charge in [0.2, 0.25) is 0 Å². The van der Waals surface area contributed by atoms with Crippen molar-refractivity contribution < 1.29 is 9.47 Å². The van der Waals surface area contributed by atoms with Gasteiger partial charge < -0.3 is 24.7 Å². The molecule has 0 unspecified atom stereocenters. The Labute approximate surface area is 194 Å². The van der Waals surface area contributed by atoms with E-state index in [0.717, 1.165) is 24.3 Å². The molecule has 3 rings (SSSR count). The summed E-state index contributed by atoms with van der Waals surface area (Å²) in [7, 11) is 3.24. The highest BCUT2D eigenvalue weighted by Gasteiger charge is 2.06. The van der Waals surface area contributed by atoms with Crippen LogP contribution in [0.4, 0.5) is 5.69 Å². The third kappa shape index (κ3) is 6.65. The van der Waals surface area contributed by atoms with Crippen LogP contribution in [-0.4, -0.2) is 36.3 Å². The van der Waals surface area contributed by atoms with Crippen LogP contribution in [0, 0.1) is 0 Å². The summed E-state index contributed by atoms with van der Waals surface area (Å²) in [5.41, 5.74) is 3.24. The number of aromatic nitrogens is 2. The zero-order valence-corrected chi connectivity index (χ0v) is 19.8. The van der Waals surface area contributed by atoms with Gasteiger partial charge in [-0.05, 0) is 30.2 Å². The van der Waals surface area contributed by atoms with Crippen molar-refractivity contribution in [2.45, 2.75) is 20.0 Å². The second kappa shape index (κ2) is 12.1. The molecule has 30 heavy (non-hydrogen) atoms. The van der Waals surface area contributed by atoms with Gasteiger partial charge in [0, 0.05) is 37.2 Å². The molecule has 0 radical (unpaired) electrons. The molecule has 0 saturated carbocycles. The summed E-state index contributed by atoms with van der Waals surface area (Å²) >= 11 is 0. The van der Waals surface area contributed by atoms with Gasteiger partial charge in [-0.2, -0.15) is 0 Å². The number of benzene rings is 2. The SMILES string of the molecule is CCNC(=NCc1ccc(Cn2ccnc2)cc1)Nc1ccc(OC)c(OC)c1.I. The number of hydrogen-bond acceptors (Lipinski definition) is 4. The predicted octanol–water partition coefficient (Wildman–Crippen LogP) is 4.14. The molecule has 0 atom stereocenters. The number of hydrogen-bond donors (Lipinski definition) is 2. The van der Waals surface area contributed by atoms with E-state index < -0.39 is 0 Å². The van der Waals surface area contributed by atoms with Crippen LogP contribution in [-0.2, 0) is 13.1 Å². The fourth-order valence-corrected chi connectivity index (χ4v) is 2.87. The molecule has 2 aromatic carbocycles. The van der Waals surface area contributed by atoms with E-state index in [0.29, 0.717) is 24.0 Å². The topological polar surface area (TPSA) is 72.7 Å². The Morgan fingerprint density at radius 2 is 1.77 bits per heavy atom. The van der Waals surface area contributed by atoms with E-state index in [9.17, 15) is 0 Å². The number of methoxy groups -OCH3 is 2. The van der Waals surface area contributed by atoms with E-state index in [1.54, 1.807) is 20.4 Å². The number of aliphatic imine (C=N–C) groups is 1. The first kappa shape index (κ1) is 23.5. The number of anilines is 1. The molecule has 0 bridgehead atoms. The highest BCUT2D eigenvalue weighted by atomic mass is 127. The van der Waals surface area contributed by atoms with Crippen molar-refractivity contribution in [3.8, 4) is 11.5 Å². The standard InChI is InChI=1S/C22H27N5O2.HI/c1-4-24-22(26-19-9-10-20(28-2)21(13-19)29-3)25-14-17-5-7-18(8-6-17)15-27-12-11-23-16-27;/h5-13,16H,4,14-15H2,1-3H3,(H2,24,25,26);1H. The summed E-state index contributed by atoms with van der Waals surface area (Å²) in [5.74, 6) is 2.07. The molecular weight excluding hydrogens is 493 g/mol. The van der Waals surface area contributed by atoms with Crippen molar-refractivity contribution >= 4 is 35.6 Å². The Hall–Kier alpha value is -2.75. The maximum atomic E-state index is 5.37. The molecule has 1 heterocycles. The van der Waals surface area contributed by atoms with Crippen molar-refractivity contribution in [1.82, 2.24) is 14.9 Å². The molecule has 7 nitrogen and oxygen atoms in total. The lowest BCUT2D eigenvalue weighted by atomic mass is 10.1. The van der Waals surface area contributed by atoms with E-state index in [1.807, 2.05) is 42.2 Å². The number of imidazole rings is 1. The van der Waals surface area contributed by atoms with E-state index >= 15 is 0 Å². The molecule has 2 N–H and O–H groups in total. The minimum absolute atomic E-state index is 0. The Balaban J connectivity index is 0.00000320. The minimum Gasteiger partial charge on any atom is -0.493 e. The largest absolute Gasteiger partial charge is 0.493 e. The summed E-state index contributed by atoms with van der Waals surface area (Å²) in [6, 6.07) is 14.1. The molecule has 0 fully saturated rings. The van der Waals surface area contributed by atoms with E-state index in [1.165, 1.54) is 5.56 Å². The van der Waals surface area contributed by atoms with Gasteiger partial charge in [0.25, 0.3) is 0 Å². The van der Waals surface area contributed by atoms with Gasteiger partial charge >= 0.3 is 0 Å². The maximum absolute atomic E-state index is 5.37. The molecular formula is C22H28IN5O2. The number of guanidine groups is 1. The molecule has 0 aliphatic rings. The van der Waals surface area contributed by atoms with Crippen molar-refractivity contribution in [1.29, 1.82) is 0 Å². The lowest BCUT2D eigenvalue weighted by Gasteiger charge is -2.14. The second-order valence-electron chi connectivity index (χ2n) is 6.44. The lowest BCUT2D eigenvalue weighted by Crippen LogP contribution is -2.30. The summed E-state index contributed by atoms with van der Waals surface area (Å²) in [6.45, 7) is 4.20. The van der Waals surface area contributed by atoms with E-state index in [-0.39, 0.29) is 24.0 Å². The number of rotatable bonds is 8. The summed E-state index contributed by atoms with van der Waals surface area (Å²) < 4.78 is 12.7. The van der Waals surface area contributed by atoms with Crippen molar-refractivity contribution in [2.75, 3.05) is 26.1 Å².